The van der Waals surface area contributed by atoms with Gasteiger partial charge in [0, 0.05) is 10.0 Å². The number of methoxy groups -OCH3 is 1. The van der Waals surface area contributed by atoms with Gasteiger partial charge < -0.3 is 9.72 Å². The Balaban J connectivity index is 2.17. The third-order valence-electron chi connectivity index (χ3n) is 3.11. The molecule has 0 bridgehead atoms. The van der Waals surface area contributed by atoms with Crippen molar-refractivity contribution in [3.05, 3.63) is 51.5 Å². The van der Waals surface area contributed by atoms with Crippen LogP contribution in [0.5, 0.6) is 0 Å². The lowest BCUT2D eigenvalue weighted by molar-refractivity contribution is 0.0603. The largest absolute Gasteiger partial charge is 0.465 e. The molecule has 3 rings (SSSR count). The fourth-order valence-corrected chi connectivity index (χ4v) is 2.58. The summed E-state index contributed by atoms with van der Waals surface area (Å²) in [4.78, 5) is 19.5. The summed E-state index contributed by atoms with van der Waals surface area (Å²) in [5.74, 6) is 0.259. The number of aromatic amines is 1. The summed E-state index contributed by atoms with van der Waals surface area (Å²) in [6.07, 6.45) is 0. The number of halogens is 2. The number of benzene rings is 2. The first-order valence-corrected chi connectivity index (χ1v) is 7.29. The van der Waals surface area contributed by atoms with Gasteiger partial charge in [-0.05, 0) is 46.3 Å². The number of ether oxygens (including phenoxy) is 1. The van der Waals surface area contributed by atoms with Crippen LogP contribution in [0.15, 0.2) is 40.9 Å². The predicted octanol–water partition coefficient (Wildman–Crippen LogP) is 4.43. The zero-order valence-electron chi connectivity index (χ0n) is 11.0. The third kappa shape index (κ3) is 2.54. The van der Waals surface area contributed by atoms with E-state index in [2.05, 4.69) is 25.9 Å². The molecule has 1 N–H and O–H groups in total. The molecule has 3 aromatic rings. The Labute approximate surface area is 134 Å². The number of fused-ring (bicyclic) bond motifs is 1. The number of carbonyl (C=O) groups excluding carboxylic acids is 1. The molecule has 0 amide bonds. The molecule has 1 heterocycles. The second-order valence-corrected chi connectivity index (χ2v) is 5.67. The van der Waals surface area contributed by atoms with Crippen molar-refractivity contribution in [2.45, 2.75) is 0 Å². The summed E-state index contributed by atoms with van der Waals surface area (Å²) in [6, 6.07) is 10.9. The van der Waals surface area contributed by atoms with Gasteiger partial charge in [-0.3, -0.25) is 0 Å². The molecule has 0 spiro atoms. The fraction of sp³-hybridized carbons (Fsp3) is 0.0667. The van der Waals surface area contributed by atoms with E-state index in [1.807, 2.05) is 18.2 Å². The van der Waals surface area contributed by atoms with Crippen LogP contribution in [0, 0.1) is 0 Å². The Kier molecular flexibility index (Phi) is 3.69. The van der Waals surface area contributed by atoms with Gasteiger partial charge in [0.2, 0.25) is 0 Å². The first-order chi connectivity index (χ1) is 10.1. The van der Waals surface area contributed by atoms with Gasteiger partial charge in [-0.15, -0.1) is 0 Å². The number of nitrogens with zero attached hydrogens (tertiary/aromatic N) is 1. The molecule has 0 aliphatic heterocycles. The average Bonchev–Trinajstić information content (AvgIpc) is 2.93. The summed E-state index contributed by atoms with van der Waals surface area (Å²) in [6.45, 7) is 0. The number of rotatable bonds is 2. The van der Waals surface area contributed by atoms with Crippen LogP contribution >= 0.6 is 27.5 Å². The average molecular weight is 366 g/mol. The lowest BCUT2D eigenvalue weighted by Gasteiger charge is -1.99. The van der Waals surface area contributed by atoms with Gasteiger partial charge in [-0.1, -0.05) is 17.7 Å². The molecule has 0 radical (unpaired) electrons. The highest BCUT2D eigenvalue weighted by Crippen LogP contribution is 2.29. The van der Waals surface area contributed by atoms with Gasteiger partial charge in [0.1, 0.15) is 11.3 Å². The van der Waals surface area contributed by atoms with E-state index in [0.717, 1.165) is 15.6 Å². The number of esters is 1. The maximum Gasteiger partial charge on any atom is 0.340 e. The minimum Gasteiger partial charge on any atom is -0.465 e. The first-order valence-electron chi connectivity index (χ1n) is 6.12. The van der Waals surface area contributed by atoms with Crippen LogP contribution in [0.1, 0.15) is 10.4 Å². The SMILES string of the molecule is COC(=O)c1cccc2[nH]c(-c3ccc(Cl)c(Br)c3)nc12. The lowest BCUT2D eigenvalue weighted by Crippen LogP contribution is -2.01. The molecule has 1 aromatic heterocycles. The van der Waals surface area contributed by atoms with E-state index in [-0.39, 0.29) is 0 Å². The van der Waals surface area contributed by atoms with Crippen molar-refractivity contribution in [1.82, 2.24) is 9.97 Å². The maximum atomic E-state index is 11.8. The Bertz CT molecular complexity index is 845. The normalized spacial score (nSPS) is 10.8. The number of hydrogen-bond donors (Lipinski definition) is 1. The Morgan fingerprint density at radius 3 is 2.86 bits per heavy atom. The highest BCUT2D eigenvalue weighted by molar-refractivity contribution is 9.10. The molecular formula is C15H10BrClN2O2. The first kappa shape index (κ1) is 14.1. The number of nitrogens with one attached hydrogen (secondary N) is 1. The smallest absolute Gasteiger partial charge is 0.340 e. The van der Waals surface area contributed by atoms with Gasteiger partial charge in [0.15, 0.2) is 0 Å². The monoisotopic (exact) mass is 364 g/mol. The van der Waals surface area contributed by atoms with Crippen molar-refractivity contribution in [3.63, 3.8) is 0 Å². The van der Waals surface area contributed by atoms with Gasteiger partial charge >= 0.3 is 5.97 Å². The molecule has 4 nitrogen and oxygen atoms in total. The number of hydrogen-bond acceptors (Lipinski definition) is 3. The molecule has 0 aliphatic carbocycles. The van der Waals surface area contributed by atoms with E-state index >= 15 is 0 Å². The van der Waals surface area contributed by atoms with Crippen molar-refractivity contribution in [3.8, 4) is 11.4 Å². The Hall–Kier alpha value is -1.85. The summed E-state index contributed by atoms with van der Waals surface area (Å²) in [5.41, 5.74) is 2.67. The van der Waals surface area contributed by atoms with Gasteiger partial charge in [0.25, 0.3) is 0 Å². The molecule has 106 valence electrons. The van der Waals surface area contributed by atoms with Crippen LogP contribution in [0.25, 0.3) is 22.4 Å². The highest BCUT2D eigenvalue weighted by Gasteiger charge is 2.14. The molecule has 0 fully saturated rings. The van der Waals surface area contributed by atoms with Gasteiger partial charge in [-0.25, -0.2) is 9.78 Å². The molecule has 0 atom stereocenters. The van der Waals surface area contributed by atoms with E-state index in [9.17, 15) is 4.79 Å². The van der Waals surface area contributed by atoms with Crippen LogP contribution in [0.3, 0.4) is 0 Å². The second kappa shape index (κ2) is 5.50. The highest BCUT2D eigenvalue weighted by atomic mass is 79.9. The van der Waals surface area contributed by atoms with E-state index in [4.69, 9.17) is 16.3 Å². The van der Waals surface area contributed by atoms with E-state index in [0.29, 0.717) is 21.9 Å². The molecule has 0 unspecified atom stereocenters. The van der Waals surface area contributed by atoms with Gasteiger partial charge in [-0.2, -0.15) is 0 Å². The van der Waals surface area contributed by atoms with Crippen molar-refractivity contribution in [1.29, 1.82) is 0 Å². The fourth-order valence-electron chi connectivity index (χ4n) is 2.09. The zero-order valence-corrected chi connectivity index (χ0v) is 13.3. The van der Waals surface area contributed by atoms with E-state index in [1.54, 1.807) is 18.2 Å². The molecule has 0 aliphatic rings. The molecular weight excluding hydrogens is 356 g/mol. The summed E-state index contributed by atoms with van der Waals surface area (Å²) in [7, 11) is 1.35. The van der Waals surface area contributed by atoms with E-state index in [1.165, 1.54) is 7.11 Å². The predicted molar refractivity (Wildman–Crippen MR) is 85.6 cm³/mol. The topological polar surface area (TPSA) is 55.0 Å². The quantitative estimate of drug-likeness (QED) is 0.683. The Morgan fingerprint density at radius 1 is 1.33 bits per heavy atom. The minimum absolute atomic E-state index is 0.407. The third-order valence-corrected chi connectivity index (χ3v) is 4.32. The van der Waals surface area contributed by atoms with Crippen molar-refractivity contribution < 1.29 is 9.53 Å². The van der Waals surface area contributed by atoms with Crippen LogP contribution < -0.4 is 0 Å². The van der Waals surface area contributed by atoms with Crippen LogP contribution in [-0.4, -0.2) is 23.0 Å². The summed E-state index contributed by atoms with van der Waals surface area (Å²) < 4.78 is 5.56. The molecule has 6 heteroatoms. The van der Waals surface area contributed by atoms with Crippen LogP contribution in [0.4, 0.5) is 0 Å². The Morgan fingerprint density at radius 2 is 2.14 bits per heavy atom. The standard InChI is InChI=1S/C15H10BrClN2O2/c1-21-15(20)9-3-2-4-12-13(9)19-14(18-12)8-5-6-11(17)10(16)7-8/h2-7H,1H3,(H,18,19). The minimum atomic E-state index is -0.407. The lowest BCUT2D eigenvalue weighted by atomic mass is 10.2. The number of carbonyl (C=O) groups is 1. The molecule has 0 saturated heterocycles. The van der Waals surface area contributed by atoms with Crippen LogP contribution in [0.2, 0.25) is 5.02 Å². The zero-order chi connectivity index (χ0) is 15.0. The number of para-hydroxylation sites is 1. The van der Waals surface area contributed by atoms with Crippen molar-refractivity contribution >= 4 is 44.5 Å². The number of H-pyrrole nitrogens is 1. The van der Waals surface area contributed by atoms with E-state index < -0.39 is 5.97 Å². The summed E-state index contributed by atoms with van der Waals surface area (Å²) in [5, 5.41) is 0.630. The molecule has 0 saturated carbocycles. The number of aromatic nitrogens is 2. The van der Waals surface area contributed by atoms with Crippen molar-refractivity contribution in [2.75, 3.05) is 7.11 Å². The second-order valence-electron chi connectivity index (χ2n) is 4.41. The molecule has 2 aromatic carbocycles. The van der Waals surface area contributed by atoms with Crippen LogP contribution in [-0.2, 0) is 4.74 Å². The molecule has 21 heavy (non-hydrogen) atoms. The van der Waals surface area contributed by atoms with Gasteiger partial charge in [0.05, 0.1) is 23.2 Å². The maximum absolute atomic E-state index is 11.8. The number of imidazole rings is 1. The van der Waals surface area contributed by atoms with Crippen molar-refractivity contribution in [2.24, 2.45) is 0 Å². The summed E-state index contributed by atoms with van der Waals surface area (Å²) >= 11 is 9.38.